The lowest BCUT2D eigenvalue weighted by Gasteiger charge is -2.05. The highest BCUT2D eigenvalue weighted by molar-refractivity contribution is 6.11. The average Bonchev–Trinajstić information content (AvgIpc) is 2.99. The maximum Gasteiger partial charge on any atom is 0.327 e. The number of carbonyl (C=O) groups is 1. The number of hydrogen-bond acceptors (Lipinski definition) is 6. The predicted octanol–water partition coefficient (Wildman–Crippen LogP) is 0.710. The minimum absolute atomic E-state index is 0.00201. The molecule has 0 bridgehead atoms. The fourth-order valence-electron chi connectivity index (χ4n) is 1.58. The molecule has 0 saturated heterocycles. The zero-order chi connectivity index (χ0) is 14.2. The lowest BCUT2D eigenvalue weighted by molar-refractivity contribution is -0.141. The first kappa shape index (κ1) is 13.7. The molecule has 20 heavy (non-hydrogen) atoms. The van der Waals surface area contributed by atoms with Gasteiger partial charge in [0.15, 0.2) is 0 Å². The number of rotatable bonds is 6. The van der Waals surface area contributed by atoms with Crippen LogP contribution < -0.4 is 5.43 Å². The molecule has 0 unspecified atom stereocenters. The topological polar surface area (TPSA) is 92.3 Å². The molecule has 1 heterocycles. The SMILES string of the molecule is CCOC(=O)CN/N=C(/c1ccccc1)c1cn[nH]n1. The van der Waals surface area contributed by atoms with Crippen molar-refractivity contribution in [2.75, 3.05) is 13.2 Å². The Hall–Kier alpha value is -2.70. The number of nitrogens with one attached hydrogen (secondary N) is 2. The fraction of sp³-hybridized carbons (Fsp3) is 0.231. The van der Waals surface area contributed by atoms with Crippen LogP contribution in [0, 0.1) is 0 Å². The van der Waals surface area contributed by atoms with Gasteiger partial charge in [-0.15, -0.1) is 0 Å². The van der Waals surface area contributed by atoms with E-state index in [1.807, 2.05) is 30.3 Å². The average molecular weight is 273 g/mol. The Labute approximate surface area is 116 Å². The van der Waals surface area contributed by atoms with Gasteiger partial charge in [0.1, 0.15) is 18.0 Å². The third-order valence-corrected chi connectivity index (χ3v) is 2.42. The number of esters is 1. The lowest BCUT2D eigenvalue weighted by atomic mass is 10.1. The number of hydrogen-bond donors (Lipinski definition) is 2. The molecule has 2 rings (SSSR count). The van der Waals surface area contributed by atoms with Crippen molar-refractivity contribution < 1.29 is 9.53 Å². The predicted molar refractivity (Wildman–Crippen MR) is 73.1 cm³/mol. The highest BCUT2D eigenvalue weighted by Crippen LogP contribution is 2.06. The van der Waals surface area contributed by atoms with Crippen molar-refractivity contribution in [1.29, 1.82) is 0 Å². The Kier molecular flexibility index (Phi) is 4.82. The molecule has 0 aliphatic carbocycles. The van der Waals surface area contributed by atoms with Crippen LogP contribution in [-0.2, 0) is 9.53 Å². The van der Waals surface area contributed by atoms with E-state index in [1.54, 1.807) is 13.1 Å². The molecule has 0 radical (unpaired) electrons. The van der Waals surface area contributed by atoms with E-state index in [4.69, 9.17) is 4.74 Å². The van der Waals surface area contributed by atoms with E-state index in [2.05, 4.69) is 25.9 Å². The zero-order valence-corrected chi connectivity index (χ0v) is 11.0. The summed E-state index contributed by atoms with van der Waals surface area (Å²) in [6.45, 7) is 2.10. The third-order valence-electron chi connectivity index (χ3n) is 2.42. The molecule has 0 atom stereocenters. The minimum Gasteiger partial charge on any atom is -0.465 e. The summed E-state index contributed by atoms with van der Waals surface area (Å²) in [4.78, 5) is 11.3. The normalized spacial score (nSPS) is 11.2. The number of benzene rings is 1. The summed E-state index contributed by atoms with van der Waals surface area (Å²) in [5, 5.41) is 14.5. The van der Waals surface area contributed by atoms with Crippen molar-refractivity contribution in [3.05, 3.63) is 47.8 Å². The standard InChI is InChI=1S/C13H15N5O2/c1-2-20-12(19)9-14-17-13(11-8-15-18-16-11)10-6-4-3-5-7-10/h3-8,14H,2,9H2,1H3,(H,15,16,18)/b17-13-. The third kappa shape index (κ3) is 3.64. The summed E-state index contributed by atoms with van der Waals surface area (Å²) >= 11 is 0. The van der Waals surface area contributed by atoms with Crippen molar-refractivity contribution in [3.8, 4) is 0 Å². The van der Waals surface area contributed by atoms with E-state index >= 15 is 0 Å². The van der Waals surface area contributed by atoms with E-state index in [-0.39, 0.29) is 12.5 Å². The second-order valence-corrected chi connectivity index (χ2v) is 3.82. The van der Waals surface area contributed by atoms with E-state index in [0.717, 1.165) is 5.56 Å². The van der Waals surface area contributed by atoms with Crippen LogP contribution in [0.4, 0.5) is 0 Å². The van der Waals surface area contributed by atoms with Crippen LogP contribution in [-0.4, -0.2) is 40.2 Å². The smallest absolute Gasteiger partial charge is 0.327 e. The van der Waals surface area contributed by atoms with Crippen LogP contribution in [0.1, 0.15) is 18.2 Å². The second kappa shape index (κ2) is 7.03. The van der Waals surface area contributed by atoms with Gasteiger partial charge in [0.05, 0.1) is 12.8 Å². The molecule has 104 valence electrons. The number of hydrazone groups is 1. The van der Waals surface area contributed by atoms with Gasteiger partial charge in [0.25, 0.3) is 0 Å². The summed E-state index contributed by atoms with van der Waals surface area (Å²) in [6.07, 6.45) is 1.57. The largest absolute Gasteiger partial charge is 0.465 e. The van der Waals surface area contributed by atoms with Gasteiger partial charge in [-0.1, -0.05) is 30.3 Å². The summed E-state index contributed by atoms with van der Waals surface area (Å²) in [6, 6.07) is 9.52. The first-order valence-corrected chi connectivity index (χ1v) is 6.19. The first-order valence-electron chi connectivity index (χ1n) is 6.19. The van der Waals surface area contributed by atoms with Gasteiger partial charge in [-0.2, -0.15) is 20.5 Å². The number of ether oxygens (including phenoxy) is 1. The molecule has 0 aliphatic rings. The van der Waals surface area contributed by atoms with Crippen molar-refractivity contribution in [1.82, 2.24) is 20.8 Å². The van der Waals surface area contributed by atoms with E-state index in [0.29, 0.717) is 18.0 Å². The van der Waals surface area contributed by atoms with Crippen molar-refractivity contribution in [2.24, 2.45) is 5.10 Å². The van der Waals surface area contributed by atoms with Gasteiger partial charge in [-0.05, 0) is 6.92 Å². The quantitative estimate of drug-likeness (QED) is 0.459. The summed E-state index contributed by atoms with van der Waals surface area (Å²) in [5.41, 5.74) is 4.75. The molecular formula is C13H15N5O2. The Morgan fingerprint density at radius 1 is 1.40 bits per heavy atom. The van der Waals surface area contributed by atoms with Crippen LogP contribution in [0.5, 0.6) is 0 Å². The van der Waals surface area contributed by atoms with Crippen LogP contribution in [0.2, 0.25) is 0 Å². The molecule has 7 nitrogen and oxygen atoms in total. The van der Waals surface area contributed by atoms with Crippen LogP contribution in [0.15, 0.2) is 41.6 Å². The van der Waals surface area contributed by atoms with E-state index < -0.39 is 0 Å². The number of nitrogens with zero attached hydrogens (tertiary/aromatic N) is 3. The Morgan fingerprint density at radius 3 is 2.85 bits per heavy atom. The van der Waals surface area contributed by atoms with Crippen molar-refractivity contribution in [2.45, 2.75) is 6.92 Å². The van der Waals surface area contributed by atoms with Gasteiger partial charge >= 0.3 is 5.97 Å². The molecule has 0 aliphatic heterocycles. The minimum atomic E-state index is -0.358. The second-order valence-electron chi connectivity index (χ2n) is 3.82. The molecule has 0 spiro atoms. The molecule has 1 aromatic carbocycles. The van der Waals surface area contributed by atoms with Crippen molar-refractivity contribution >= 4 is 11.7 Å². The first-order chi connectivity index (χ1) is 9.81. The van der Waals surface area contributed by atoms with Gasteiger partial charge in [0, 0.05) is 5.56 Å². The lowest BCUT2D eigenvalue weighted by Crippen LogP contribution is -2.22. The summed E-state index contributed by atoms with van der Waals surface area (Å²) < 4.78 is 4.82. The van der Waals surface area contributed by atoms with E-state index in [1.165, 1.54) is 0 Å². The van der Waals surface area contributed by atoms with Crippen LogP contribution in [0.25, 0.3) is 0 Å². The fourth-order valence-corrected chi connectivity index (χ4v) is 1.58. The molecule has 0 fully saturated rings. The van der Waals surface area contributed by atoms with Gasteiger partial charge in [-0.25, -0.2) is 0 Å². The highest BCUT2D eigenvalue weighted by Gasteiger charge is 2.10. The zero-order valence-electron chi connectivity index (χ0n) is 11.0. The van der Waals surface area contributed by atoms with Gasteiger partial charge < -0.3 is 4.74 Å². The molecule has 2 N–H and O–H groups in total. The van der Waals surface area contributed by atoms with Gasteiger partial charge in [0.2, 0.25) is 0 Å². The number of aromatic nitrogens is 3. The molecule has 7 heteroatoms. The highest BCUT2D eigenvalue weighted by atomic mass is 16.5. The molecule has 0 saturated carbocycles. The Balaban J connectivity index is 2.14. The number of carbonyl (C=O) groups excluding carboxylic acids is 1. The number of H-pyrrole nitrogens is 1. The van der Waals surface area contributed by atoms with E-state index in [9.17, 15) is 4.79 Å². The Morgan fingerprint density at radius 2 is 2.20 bits per heavy atom. The van der Waals surface area contributed by atoms with Gasteiger partial charge in [-0.3, -0.25) is 10.2 Å². The maximum atomic E-state index is 11.3. The molecular weight excluding hydrogens is 258 g/mol. The summed E-state index contributed by atoms with van der Waals surface area (Å²) in [5.74, 6) is -0.358. The monoisotopic (exact) mass is 273 g/mol. The maximum absolute atomic E-state index is 11.3. The molecule has 1 aromatic heterocycles. The van der Waals surface area contributed by atoms with Crippen molar-refractivity contribution in [3.63, 3.8) is 0 Å². The number of aromatic amines is 1. The van der Waals surface area contributed by atoms with Crippen LogP contribution in [0.3, 0.4) is 0 Å². The molecule has 2 aromatic rings. The summed E-state index contributed by atoms with van der Waals surface area (Å²) in [7, 11) is 0. The van der Waals surface area contributed by atoms with Crippen LogP contribution >= 0.6 is 0 Å². The Bertz CT molecular complexity index is 566. The molecule has 0 amide bonds.